The first-order chi connectivity index (χ1) is 9.30. The van der Waals surface area contributed by atoms with E-state index in [1.807, 2.05) is 0 Å². The Bertz CT molecular complexity index is 468. The van der Waals surface area contributed by atoms with Crippen molar-refractivity contribution in [1.29, 1.82) is 0 Å². The van der Waals surface area contributed by atoms with E-state index >= 15 is 0 Å². The summed E-state index contributed by atoms with van der Waals surface area (Å²) in [5.41, 5.74) is 0.169. The summed E-state index contributed by atoms with van der Waals surface area (Å²) < 4.78 is 18.1. The molecule has 1 amide bonds. The number of alkyl carbamates (subject to hydrolysis) is 1. The van der Waals surface area contributed by atoms with Gasteiger partial charge in [0.15, 0.2) is 0 Å². The molecular weight excluding hydrogens is 261 g/mol. The van der Waals surface area contributed by atoms with E-state index in [-0.39, 0.29) is 5.82 Å². The summed E-state index contributed by atoms with van der Waals surface area (Å²) in [5, 5.41) is 2.49. The maximum atomic E-state index is 13.0. The number of halogens is 1. The predicted molar refractivity (Wildman–Crippen MR) is 73.9 cm³/mol. The third-order valence-corrected chi connectivity index (χ3v) is 2.50. The van der Waals surface area contributed by atoms with E-state index in [1.54, 1.807) is 32.9 Å². The van der Waals surface area contributed by atoms with Crippen LogP contribution in [0.25, 0.3) is 0 Å². The first-order valence-corrected chi connectivity index (χ1v) is 6.49. The zero-order valence-electron chi connectivity index (χ0n) is 12.0. The molecule has 110 valence electrons. The van der Waals surface area contributed by atoms with Gasteiger partial charge in [0.2, 0.25) is 0 Å². The van der Waals surface area contributed by atoms with Gasteiger partial charge in [-0.15, -0.1) is 0 Å². The number of aryl methyl sites for hydroxylation is 1. The lowest BCUT2D eigenvalue weighted by atomic mass is 10.1. The van der Waals surface area contributed by atoms with Crippen molar-refractivity contribution in [1.82, 2.24) is 5.32 Å². The van der Waals surface area contributed by atoms with Gasteiger partial charge in [-0.05, 0) is 51.3 Å². The smallest absolute Gasteiger partial charge is 0.408 e. The number of aldehydes is 1. The zero-order chi connectivity index (χ0) is 15.2. The summed E-state index contributed by atoms with van der Waals surface area (Å²) in [6, 6.07) is 5.52. The van der Waals surface area contributed by atoms with Crippen LogP contribution >= 0.6 is 0 Å². The van der Waals surface area contributed by atoms with E-state index in [2.05, 4.69) is 5.32 Å². The summed E-state index contributed by atoms with van der Waals surface area (Å²) >= 11 is 0. The van der Waals surface area contributed by atoms with Gasteiger partial charge in [-0.2, -0.15) is 0 Å². The largest absolute Gasteiger partial charge is 0.444 e. The predicted octanol–water partition coefficient (Wildman–Crippen LogP) is 2.85. The number of hydrogen-bond acceptors (Lipinski definition) is 3. The Hall–Kier alpha value is -1.91. The normalized spacial score (nSPS) is 12.6. The fourth-order valence-electron chi connectivity index (χ4n) is 1.65. The van der Waals surface area contributed by atoms with Crippen molar-refractivity contribution < 1.29 is 18.7 Å². The Morgan fingerprint density at radius 2 is 2.15 bits per heavy atom. The van der Waals surface area contributed by atoms with Gasteiger partial charge in [0.1, 0.15) is 17.7 Å². The molecule has 0 radical (unpaired) electrons. The standard InChI is InChI=1S/C15H20FNO3/c1-15(2,3)20-14(19)17-13(10-18)8-7-11-5-4-6-12(16)9-11/h4-6,9-10,13H,7-8H2,1-3H3,(H,17,19). The number of nitrogens with one attached hydrogen (secondary N) is 1. The van der Waals surface area contributed by atoms with Crippen molar-refractivity contribution in [3.8, 4) is 0 Å². The number of carbonyl (C=O) groups is 2. The molecule has 1 unspecified atom stereocenters. The van der Waals surface area contributed by atoms with Crippen molar-refractivity contribution >= 4 is 12.4 Å². The van der Waals surface area contributed by atoms with E-state index < -0.39 is 17.7 Å². The van der Waals surface area contributed by atoms with E-state index in [4.69, 9.17) is 4.74 Å². The molecule has 0 saturated heterocycles. The third kappa shape index (κ3) is 6.31. The molecule has 0 aliphatic heterocycles. The van der Waals surface area contributed by atoms with Crippen LogP contribution in [0.4, 0.5) is 9.18 Å². The fourth-order valence-corrected chi connectivity index (χ4v) is 1.65. The average Bonchev–Trinajstić information content (AvgIpc) is 2.32. The Kier molecular flexibility index (Phi) is 5.67. The van der Waals surface area contributed by atoms with Crippen molar-refractivity contribution in [2.45, 2.75) is 45.3 Å². The Labute approximate surface area is 118 Å². The number of hydrogen-bond donors (Lipinski definition) is 1. The molecule has 4 nitrogen and oxygen atoms in total. The molecule has 1 aromatic carbocycles. The molecule has 1 atom stereocenters. The fraction of sp³-hybridized carbons (Fsp3) is 0.467. The highest BCUT2D eigenvalue weighted by atomic mass is 19.1. The first kappa shape index (κ1) is 16.1. The molecule has 0 saturated carbocycles. The second-order valence-corrected chi connectivity index (χ2v) is 5.56. The molecule has 0 aromatic heterocycles. The van der Waals surface area contributed by atoms with Crippen LogP contribution in [-0.4, -0.2) is 24.0 Å². The molecule has 0 aliphatic carbocycles. The van der Waals surface area contributed by atoms with Gasteiger partial charge in [-0.3, -0.25) is 0 Å². The van der Waals surface area contributed by atoms with Gasteiger partial charge in [0, 0.05) is 0 Å². The Balaban J connectivity index is 2.47. The van der Waals surface area contributed by atoms with Crippen LogP contribution in [-0.2, 0) is 16.0 Å². The molecule has 1 rings (SSSR count). The summed E-state index contributed by atoms with van der Waals surface area (Å²) in [6.45, 7) is 5.24. The Morgan fingerprint density at radius 1 is 1.45 bits per heavy atom. The average molecular weight is 281 g/mol. The molecule has 5 heteroatoms. The second-order valence-electron chi connectivity index (χ2n) is 5.56. The van der Waals surface area contributed by atoms with Crippen LogP contribution in [0.15, 0.2) is 24.3 Å². The lowest BCUT2D eigenvalue weighted by Crippen LogP contribution is -2.40. The minimum absolute atomic E-state index is 0.315. The van der Waals surface area contributed by atoms with E-state index in [9.17, 15) is 14.0 Å². The van der Waals surface area contributed by atoms with Crippen LogP contribution in [0.2, 0.25) is 0 Å². The highest BCUT2D eigenvalue weighted by Crippen LogP contribution is 2.09. The first-order valence-electron chi connectivity index (χ1n) is 6.49. The number of rotatable bonds is 5. The maximum Gasteiger partial charge on any atom is 0.408 e. The molecule has 20 heavy (non-hydrogen) atoms. The summed E-state index contributed by atoms with van der Waals surface area (Å²) in [4.78, 5) is 22.5. The third-order valence-electron chi connectivity index (χ3n) is 2.50. The van der Waals surface area contributed by atoms with Crippen LogP contribution in [0, 0.1) is 5.82 Å². The molecule has 0 aliphatic rings. The zero-order valence-corrected chi connectivity index (χ0v) is 12.0. The topological polar surface area (TPSA) is 55.4 Å². The van der Waals surface area contributed by atoms with Crippen molar-refractivity contribution in [3.63, 3.8) is 0 Å². The van der Waals surface area contributed by atoms with Crippen molar-refractivity contribution in [2.75, 3.05) is 0 Å². The van der Waals surface area contributed by atoms with Gasteiger partial charge in [-0.25, -0.2) is 9.18 Å². The molecule has 0 heterocycles. The van der Waals surface area contributed by atoms with E-state index in [1.165, 1.54) is 12.1 Å². The summed E-state index contributed by atoms with van der Waals surface area (Å²) in [6.07, 6.45) is 0.917. The number of carbonyl (C=O) groups excluding carboxylic acids is 2. The van der Waals surface area contributed by atoms with Gasteiger partial charge in [-0.1, -0.05) is 12.1 Å². The number of benzene rings is 1. The van der Waals surface area contributed by atoms with E-state index in [0.717, 1.165) is 5.56 Å². The second kappa shape index (κ2) is 7.03. The van der Waals surface area contributed by atoms with Gasteiger partial charge in [0.25, 0.3) is 0 Å². The number of amides is 1. The van der Waals surface area contributed by atoms with Crippen LogP contribution in [0.3, 0.4) is 0 Å². The van der Waals surface area contributed by atoms with Gasteiger partial charge in [0.05, 0.1) is 6.04 Å². The molecule has 0 fully saturated rings. The minimum atomic E-state index is -0.645. The molecular formula is C15H20FNO3. The monoisotopic (exact) mass is 281 g/mol. The highest BCUT2D eigenvalue weighted by Gasteiger charge is 2.19. The van der Waals surface area contributed by atoms with Crippen molar-refractivity contribution in [2.24, 2.45) is 0 Å². The maximum absolute atomic E-state index is 13.0. The van der Waals surface area contributed by atoms with Gasteiger partial charge >= 0.3 is 6.09 Å². The Morgan fingerprint density at radius 3 is 2.70 bits per heavy atom. The SMILES string of the molecule is CC(C)(C)OC(=O)NC(C=O)CCc1cccc(F)c1. The molecule has 0 spiro atoms. The van der Waals surface area contributed by atoms with Crippen LogP contribution < -0.4 is 5.32 Å². The van der Waals surface area contributed by atoms with Crippen molar-refractivity contribution in [3.05, 3.63) is 35.6 Å². The molecule has 0 bridgehead atoms. The van der Waals surface area contributed by atoms with Crippen LogP contribution in [0.1, 0.15) is 32.8 Å². The number of ether oxygens (including phenoxy) is 1. The summed E-state index contributed by atoms with van der Waals surface area (Å²) in [5.74, 6) is -0.315. The van der Waals surface area contributed by atoms with Crippen LogP contribution in [0.5, 0.6) is 0 Å². The molecule has 1 aromatic rings. The minimum Gasteiger partial charge on any atom is -0.444 e. The summed E-state index contributed by atoms with van der Waals surface area (Å²) in [7, 11) is 0. The highest BCUT2D eigenvalue weighted by molar-refractivity contribution is 5.73. The molecule has 1 N–H and O–H groups in total. The quantitative estimate of drug-likeness (QED) is 0.844. The van der Waals surface area contributed by atoms with E-state index in [0.29, 0.717) is 19.1 Å². The lowest BCUT2D eigenvalue weighted by Gasteiger charge is -2.21. The lowest BCUT2D eigenvalue weighted by molar-refractivity contribution is -0.109. The van der Waals surface area contributed by atoms with Gasteiger partial charge < -0.3 is 14.8 Å².